The van der Waals surface area contributed by atoms with E-state index in [9.17, 15) is 18.8 Å². The van der Waals surface area contributed by atoms with Crippen LogP contribution in [0.2, 0.25) is 0 Å². The number of carbonyl (C=O) groups is 2. The molecule has 8 heteroatoms. The highest BCUT2D eigenvalue weighted by atomic mass is 19.1. The summed E-state index contributed by atoms with van der Waals surface area (Å²) in [6.45, 7) is 2.95. The number of piperidine rings is 1. The molecule has 1 N–H and O–H groups in total. The van der Waals surface area contributed by atoms with Crippen molar-refractivity contribution >= 4 is 17.5 Å². The number of benzene rings is 1. The molecule has 29 heavy (non-hydrogen) atoms. The van der Waals surface area contributed by atoms with Gasteiger partial charge in [0.1, 0.15) is 11.5 Å². The SMILES string of the molecule is Cc1cc(F)ccc1NC(=O)CC[C@@H]1CCCN(C(=O)c2ccc(=O)n(C)n2)C1. The maximum absolute atomic E-state index is 13.2. The molecule has 0 saturated carbocycles. The van der Waals surface area contributed by atoms with Gasteiger partial charge in [0.25, 0.3) is 11.5 Å². The van der Waals surface area contributed by atoms with E-state index in [4.69, 9.17) is 0 Å². The number of anilines is 1. The normalized spacial score (nSPS) is 16.5. The highest BCUT2D eigenvalue weighted by Gasteiger charge is 2.26. The molecule has 154 valence electrons. The Hall–Kier alpha value is -3.03. The van der Waals surface area contributed by atoms with Gasteiger partial charge in [-0.3, -0.25) is 14.4 Å². The number of amides is 2. The number of aromatic nitrogens is 2. The van der Waals surface area contributed by atoms with Gasteiger partial charge in [0.2, 0.25) is 5.91 Å². The number of rotatable bonds is 5. The van der Waals surface area contributed by atoms with Crippen LogP contribution in [0.4, 0.5) is 10.1 Å². The largest absolute Gasteiger partial charge is 0.337 e. The van der Waals surface area contributed by atoms with Gasteiger partial charge in [-0.1, -0.05) is 0 Å². The molecular weight excluding hydrogens is 375 g/mol. The number of nitrogens with zero attached hydrogens (tertiary/aromatic N) is 3. The fraction of sp³-hybridized carbons (Fsp3) is 0.429. The second-order valence-corrected chi connectivity index (χ2v) is 7.49. The molecule has 1 aliphatic heterocycles. The van der Waals surface area contributed by atoms with Crippen molar-refractivity contribution in [1.82, 2.24) is 14.7 Å². The minimum absolute atomic E-state index is 0.122. The monoisotopic (exact) mass is 400 g/mol. The minimum Gasteiger partial charge on any atom is -0.337 e. The Morgan fingerprint density at radius 3 is 2.79 bits per heavy atom. The number of carbonyl (C=O) groups excluding carboxylic acids is 2. The molecule has 2 heterocycles. The van der Waals surface area contributed by atoms with Crippen molar-refractivity contribution in [3.05, 3.63) is 57.8 Å². The van der Waals surface area contributed by atoms with Gasteiger partial charge in [-0.05, 0) is 61.9 Å². The van der Waals surface area contributed by atoms with Gasteiger partial charge < -0.3 is 10.2 Å². The number of hydrogen-bond donors (Lipinski definition) is 1. The lowest BCUT2D eigenvalue weighted by Crippen LogP contribution is -2.41. The predicted molar refractivity (Wildman–Crippen MR) is 107 cm³/mol. The first-order valence-electron chi connectivity index (χ1n) is 9.73. The van der Waals surface area contributed by atoms with Crippen molar-refractivity contribution in [3.8, 4) is 0 Å². The van der Waals surface area contributed by atoms with Gasteiger partial charge in [-0.15, -0.1) is 0 Å². The molecule has 1 aliphatic rings. The molecule has 1 aromatic heterocycles. The zero-order valence-corrected chi connectivity index (χ0v) is 16.7. The Kier molecular flexibility index (Phi) is 6.41. The van der Waals surface area contributed by atoms with E-state index in [1.54, 1.807) is 17.9 Å². The molecule has 1 fully saturated rings. The van der Waals surface area contributed by atoms with Gasteiger partial charge in [-0.2, -0.15) is 5.10 Å². The standard InChI is InChI=1S/C21H25FN4O3/c1-14-12-16(22)6-7-17(14)23-19(27)9-5-15-4-3-11-26(13-15)21(29)18-8-10-20(28)25(2)24-18/h6-8,10,12,15H,3-5,9,11,13H2,1-2H3,(H,23,27)/t15-/m0/s1. The Balaban J connectivity index is 1.54. The zero-order chi connectivity index (χ0) is 21.0. The molecular formula is C21H25FN4O3. The van der Waals surface area contributed by atoms with Crippen molar-refractivity contribution < 1.29 is 14.0 Å². The Bertz CT molecular complexity index is 973. The van der Waals surface area contributed by atoms with Crippen LogP contribution in [-0.4, -0.2) is 39.6 Å². The van der Waals surface area contributed by atoms with Crippen LogP contribution in [0.3, 0.4) is 0 Å². The molecule has 0 unspecified atom stereocenters. The number of hydrogen-bond acceptors (Lipinski definition) is 4. The van der Waals surface area contributed by atoms with E-state index in [1.165, 1.54) is 31.3 Å². The van der Waals surface area contributed by atoms with E-state index in [2.05, 4.69) is 10.4 Å². The minimum atomic E-state index is -0.333. The molecule has 1 saturated heterocycles. The summed E-state index contributed by atoms with van der Waals surface area (Å²) in [5, 5.41) is 6.85. The van der Waals surface area contributed by atoms with E-state index in [0.29, 0.717) is 37.2 Å². The van der Waals surface area contributed by atoms with Crippen LogP contribution in [0, 0.1) is 18.7 Å². The summed E-state index contributed by atoms with van der Waals surface area (Å²) < 4.78 is 14.3. The number of halogens is 1. The van der Waals surface area contributed by atoms with Gasteiger partial charge in [0.15, 0.2) is 0 Å². The van der Waals surface area contributed by atoms with Crippen LogP contribution in [0.5, 0.6) is 0 Å². The van der Waals surface area contributed by atoms with E-state index < -0.39 is 0 Å². The fourth-order valence-corrected chi connectivity index (χ4v) is 3.58. The van der Waals surface area contributed by atoms with Crippen molar-refractivity contribution in [2.45, 2.75) is 32.6 Å². The molecule has 0 radical (unpaired) electrons. The molecule has 0 aliphatic carbocycles. The molecule has 0 spiro atoms. The Morgan fingerprint density at radius 2 is 2.07 bits per heavy atom. The first-order chi connectivity index (χ1) is 13.8. The van der Waals surface area contributed by atoms with Crippen LogP contribution in [0.1, 0.15) is 41.7 Å². The third-order valence-corrected chi connectivity index (χ3v) is 5.23. The molecule has 0 bridgehead atoms. The smallest absolute Gasteiger partial charge is 0.274 e. The topological polar surface area (TPSA) is 84.3 Å². The summed E-state index contributed by atoms with van der Waals surface area (Å²) in [6.07, 6.45) is 2.81. The summed E-state index contributed by atoms with van der Waals surface area (Å²) in [4.78, 5) is 38.2. The number of aryl methyl sites for hydroxylation is 2. The van der Waals surface area contributed by atoms with Crippen LogP contribution in [-0.2, 0) is 11.8 Å². The molecule has 1 aromatic carbocycles. The highest BCUT2D eigenvalue weighted by Crippen LogP contribution is 2.23. The lowest BCUT2D eigenvalue weighted by molar-refractivity contribution is -0.116. The Morgan fingerprint density at radius 1 is 1.28 bits per heavy atom. The van der Waals surface area contributed by atoms with Crippen LogP contribution >= 0.6 is 0 Å². The van der Waals surface area contributed by atoms with Crippen LogP contribution < -0.4 is 10.9 Å². The van der Waals surface area contributed by atoms with Gasteiger partial charge in [0.05, 0.1) is 0 Å². The second kappa shape index (κ2) is 8.98. The first-order valence-corrected chi connectivity index (χ1v) is 9.73. The summed E-state index contributed by atoms with van der Waals surface area (Å²) in [5.74, 6) is -0.430. The zero-order valence-electron chi connectivity index (χ0n) is 16.7. The van der Waals surface area contributed by atoms with Crippen molar-refractivity contribution in [1.29, 1.82) is 0 Å². The lowest BCUT2D eigenvalue weighted by atomic mass is 9.93. The first kappa shape index (κ1) is 20.7. The van der Waals surface area contributed by atoms with Gasteiger partial charge >= 0.3 is 0 Å². The van der Waals surface area contributed by atoms with E-state index in [1.807, 2.05) is 0 Å². The highest BCUT2D eigenvalue weighted by molar-refractivity contribution is 5.92. The third-order valence-electron chi connectivity index (χ3n) is 5.23. The maximum Gasteiger partial charge on any atom is 0.274 e. The van der Waals surface area contributed by atoms with Crippen molar-refractivity contribution in [3.63, 3.8) is 0 Å². The van der Waals surface area contributed by atoms with Crippen molar-refractivity contribution in [2.24, 2.45) is 13.0 Å². The Labute approximate surface area is 168 Å². The average Bonchev–Trinajstić information content (AvgIpc) is 2.70. The summed E-state index contributed by atoms with van der Waals surface area (Å²) in [6, 6.07) is 7.05. The van der Waals surface area contributed by atoms with Crippen LogP contribution in [0.15, 0.2) is 35.1 Å². The van der Waals surface area contributed by atoms with Crippen molar-refractivity contribution in [2.75, 3.05) is 18.4 Å². The predicted octanol–water partition coefficient (Wildman–Crippen LogP) is 2.50. The number of likely N-dealkylation sites (tertiary alicyclic amines) is 1. The number of nitrogens with one attached hydrogen (secondary N) is 1. The summed E-state index contributed by atoms with van der Waals surface area (Å²) >= 11 is 0. The summed E-state index contributed by atoms with van der Waals surface area (Å²) in [7, 11) is 1.51. The third kappa shape index (κ3) is 5.28. The lowest BCUT2D eigenvalue weighted by Gasteiger charge is -2.32. The summed E-state index contributed by atoms with van der Waals surface area (Å²) in [5.41, 5.74) is 1.27. The maximum atomic E-state index is 13.2. The van der Waals surface area contributed by atoms with Crippen LogP contribution in [0.25, 0.3) is 0 Å². The van der Waals surface area contributed by atoms with E-state index in [0.717, 1.165) is 17.5 Å². The molecule has 2 aromatic rings. The molecule has 1 atom stereocenters. The van der Waals surface area contributed by atoms with E-state index >= 15 is 0 Å². The average molecular weight is 400 g/mol. The van der Waals surface area contributed by atoms with E-state index in [-0.39, 0.29) is 34.8 Å². The van der Waals surface area contributed by atoms with Gasteiger partial charge in [-0.25, -0.2) is 9.07 Å². The molecule has 3 rings (SSSR count). The molecule has 7 nitrogen and oxygen atoms in total. The fourth-order valence-electron chi connectivity index (χ4n) is 3.58. The molecule has 2 amide bonds. The quantitative estimate of drug-likeness (QED) is 0.836. The van der Waals surface area contributed by atoms with Gasteiger partial charge in [0, 0.05) is 38.3 Å². The second-order valence-electron chi connectivity index (χ2n) is 7.49.